The van der Waals surface area contributed by atoms with Crippen molar-refractivity contribution in [1.29, 1.82) is 0 Å². The van der Waals surface area contributed by atoms with E-state index in [4.69, 9.17) is 0 Å². The van der Waals surface area contributed by atoms with E-state index in [0.717, 1.165) is 36.5 Å². The highest BCUT2D eigenvalue weighted by Crippen LogP contribution is 2.28. The van der Waals surface area contributed by atoms with Gasteiger partial charge in [0.15, 0.2) is 0 Å². The number of fused-ring (bicyclic) bond motifs is 1. The van der Waals surface area contributed by atoms with Crippen LogP contribution in [0.2, 0.25) is 0 Å². The Hall–Kier alpha value is -2.58. The number of benzene rings is 1. The van der Waals surface area contributed by atoms with Gasteiger partial charge in [-0.15, -0.1) is 0 Å². The normalized spacial score (nSPS) is 24.6. The summed E-state index contributed by atoms with van der Waals surface area (Å²) >= 11 is 0. The standard InChI is InChI=1S/C20H24N4O4/c25-17-4-3-16(18(26)23-17)24-19(27)14-2-1-13(9-15(14)20(24)28)11-22-8-6-12-5-7-21-10-12/h1-2,9,12,16,21-22H,3-8,10-11H2,(H,23,25,26)/t12-,16?/m0/s1. The number of carbonyl (C=O) groups is 4. The molecular formula is C20H24N4O4. The Morgan fingerprint density at radius 3 is 2.64 bits per heavy atom. The third kappa shape index (κ3) is 3.57. The number of nitrogens with one attached hydrogen (secondary N) is 3. The molecule has 3 N–H and O–H groups in total. The molecule has 0 saturated carbocycles. The minimum absolute atomic E-state index is 0.121. The number of imide groups is 2. The monoisotopic (exact) mass is 384 g/mol. The van der Waals surface area contributed by atoms with Crippen molar-refractivity contribution in [3.8, 4) is 0 Å². The molecule has 3 aliphatic rings. The maximum absolute atomic E-state index is 12.8. The molecule has 4 rings (SSSR count). The average Bonchev–Trinajstić information content (AvgIpc) is 3.27. The third-order valence-electron chi connectivity index (χ3n) is 5.73. The fourth-order valence-corrected chi connectivity index (χ4v) is 4.13. The van der Waals surface area contributed by atoms with Gasteiger partial charge in [0.25, 0.3) is 11.8 Å². The summed E-state index contributed by atoms with van der Waals surface area (Å²) in [6.45, 7) is 3.69. The van der Waals surface area contributed by atoms with Crippen LogP contribution in [0.3, 0.4) is 0 Å². The van der Waals surface area contributed by atoms with E-state index in [1.54, 1.807) is 12.1 Å². The Kier molecular flexibility index (Phi) is 5.23. The van der Waals surface area contributed by atoms with Crippen molar-refractivity contribution in [3.63, 3.8) is 0 Å². The minimum atomic E-state index is -0.924. The smallest absolute Gasteiger partial charge is 0.262 e. The van der Waals surface area contributed by atoms with E-state index in [-0.39, 0.29) is 18.7 Å². The predicted octanol–water partition coefficient (Wildman–Crippen LogP) is 0.177. The molecule has 0 radical (unpaired) electrons. The van der Waals surface area contributed by atoms with Crippen molar-refractivity contribution in [2.75, 3.05) is 19.6 Å². The van der Waals surface area contributed by atoms with Gasteiger partial charge in [-0.25, -0.2) is 0 Å². The molecule has 0 bridgehead atoms. The second-order valence-electron chi connectivity index (χ2n) is 7.65. The summed E-state index contributed by atoms with van der Waals surface area (Å²) in [5, 5.41) is 8.95. The summed E-state index contributed by atoms with van der Waals surface area (Å²) in [6.07, 6.45) is 2.61. The molecule has 28 heavy (non-hydrogen) atoms. The maximum Gasteiger partial charge on any atom is 0.262 e. The molecule has 1 aromatic rings. The number of carbonyl (C=O) groups excluding carboxylic acids is 4. The molecule has 3 heterocycles. The summed E-state index contributed by atoms with van der Waals surface area (Å²) in [7, 11) is 0. The number of piperidine rings is 1. The average molecular weight is 384 g/mol. The molecule has 2 atom stereocenters. The molecule has 148 valence electrons. The number of amides is 4. The van der Waals surface area contributed by atoms with Gasteiger partial charge >= 0.3 is 0 Å². The van der Waals surface area contributed by atoms with Gasteiger partial charge in [0.1, 0.15) is 6.04 Å². The second kappa shape index (κ2) is 7.81. The van der Waals surface area contributed by atoms with Crippen molar-refractivity contribution in [2.24, 2.45) is 5.92 Å². The molecule has 4 amide bonds. The van der Waals surface area contributed by atoms with Crippen LogP contribution in [0.5, 0.6) is 0 Å². The third-order valence-corrected chi connectivity index (χ3v) is 5.73. The van der Waals surface area contributed by atoms with Gasteiger partial charge in [-0.05, 0) is 62.5 Å². The van der Waals surface area contributed by atoms with E-state index in [9.17, 15) is 19.2 Å². The van der Waals surface area contributed by atoms with Crippen molar-refractivity contribution < 1.29 is 19.2 Å². The van der Waals surface area contributed by atoms with E-state index in [1.165, 1.54) is 6.42 Å². The van der Waals surface area contributed by atoms with E-state index in [1.807, 2.05) is 6.07 Å². The summed E-state index contributed by atoms with van der Waals surface area (Å²) in [5.74, 6) is -1.18. The van der Waals surface area contributed by atoms with E-state index < -0.39 is 23.8 Å². The van der Waals surface area contributed by atoms with E-state index in [0.29, 0.717) is 23.6 Å². The number of nitrogens with zero attached hydrogens (tertiary/aromatic N) is 1. The Balaban J connectivity index is 1.40. The van der Waals surface area contributed by atoms with Gasteiger partial charge in [-0.2, -0.15) is 0 Å². The zero-order valence-corrected chi connectivity index (χ0v) is 15.6. The number of rotatable bonds is 6. The lowest BCUT2D eigenvalue weighted by molar-refractivity contribution is -0.136. The highest BCUT2D eigenvalue weighted by Gasteiger charge is 2.44. The number of hydrogen-bond acceptors (Lipinski definition) is 6. The fraction of sp³-hybridized carbons (Fsp3) is 0.500. The predicted molar refractivity (Wildman–Crippen MR) is 100 cm³/mol. The van der Waals surface area contributed by atoms with Crippen LogP contribution in [0, 0.1) is 5.92 Å². The van der Waals surface area contributed by atoms with Crippen LogP contribution in [0.1, 0.15) is 52.0 Å². The molecule has 0 aliphatic carbocycles. The molecule has 2 fully saturated rings. The topological polar surface area (TPSA) is 108 Å². The molecule has 8 heteroatoms. The molecule has 0 aromatic heterocycles. The van der Waals surface area contributed by atoms with Crippen LogP contribution >= 0.6 is 0 Å². The zero-order valence-electron chi connectivity index (χ0n) is 15.6. The molecule has 2 saturated heterocycles. The lowest BCUT2D eigenvalue weighted by atomic mass is 10.0. The van der Waals surface area contributed by atoms with Crippen molar-refractivity contribution in [1.82, 2.24) is 20.9 Å². The molecule has 1 aromatic carbocycles. The zero-order chi connectivity index (χ0) is 19.7. The second-order valence-corrected chi connectivity index (χ2v) is 7.65. The Labute approximate surface area is 163 Å². The fourth-order valence-electron chi connectivity index (χ4n) is 4.13. The van der Waals surface area contributed by atoms with E-state index in [2.05, 4.69) is 16.0 Å². The first kappa shape index (κ1) is 18.8. The molecule has 8 nitrogen and oxygen atoms in total. The van der Waals surface area contributed by atoms with Gasteiger partial charge in [0, 0.05) is 13.0 Å². The quantitative estimate of drug-likeness (QED) is 0.477. The first-order valence-corrected chi connectivity index (χ1v) is 9.80. The first-order chi connectivity index (χ1) is 13.5. The molecule has 1 unspecified atom stereocenters. The van der Waals surface area contributed by atoms with Crippen molar-refractivity contribution in [2.45, 2.75) is 38.3 Å². The van der Waals surface area contributed by atoms with Crippen LogP contribution in [-0.2, 0) is 16.1 Å². The highest BCUT2D eigenvalue weighted by molar-refractivity contribution is 6.23. The van der Waals surface area contributed by atoms with Gasteiger partial charge in [-0.3, -0.25) is 29.4 Å². The van der Waals surface area contributed by atoms with Gasteiger partial charge in [-0.1, -0.05) is 6.07 Å². The lowest BCUT2D eigenvalue weighted by Crippen LogP contribution is -2.54. The minimum Gasteiger partial charge on any atom is -0.316 e. The first-order valence-electron chi connectivity index (χ1n) is 9.80. The van der Waals surface area contributed by atoms with Gasteiger partial charge in [0.2, 0.25) is 11.8 Å². The summed E-state index contributed by atoms with van der Waals surface area (Å²) in [6, 6.07) is 4.29. The van der Waals surface area contributed by atoms with Gasteiger partial charge in [0.05, 0.1) is 11.1 Å². The van der Waals surface area contributed by atoms with Gasteiger partial charge < -0.3 is 10.6 Å². The summed E-state index contributed by atoms with van der Waals surface area (Å²) < 4.78 is 0. The Morgan fingerprint density at radius 2 is 1.89 bits per heavy atom. The molecule has 0 spiro atoms. The lowest BCUT2D eigenvalue weighted by Gasteiger charge is -2.27. The van der Waals surface area contributed by atoms with E-state index >= 15 is 0 Å². The van der Waals surface area contributed by atoms with Crippen LogP contribution in [-0.4, -0.2) is 54.2 Å². The maximum atomic E-state index is 12.8. The molecule has 3 aliphatic heterocycles. The summed E-state index contributed by atoms with van der Waals surface area (Å²) in [5.41, 5.74) is 1.57. The van der Waals surface area contributed by atoms with Crippen LogP contribution < -0.4 is 16.0 Å². The van der Waals surface area contributed by atoms with Crippen LogP contribution in [0.15, 0.2) is 18.2 Å². The highest BCUT2D eigenvalue weighted by atomic mass is 16.2. The summed E-state index contributed by atoms with van der Waals surface area (Å²) in [4.78, 5) is 49.9. The van der Waals surface area contributed by atoms with Crippen molar-refractivity contribution in [3.05, 3.63) is 34.9 Å². The van der Waals surface area contributed by atoms with Crippen LogP contribution in [0.25, 0.3) is 0 Å². The van der Waals surface area contributed by atoms with Crippen molar-refractivity contribution >= 4 is 23.6 Å². The number of hydrogen-bond donors (Lipinski definition) is 3. The molecular weight excluding hydrogens is 360 g/mol. The largest absolute Gasteiger partial charge is 0.316 e. The SMILES string of the molecule is O=C1CCC(N2C(=O)c3ccc(CNCC[C@@H]4CCNC4)cc3C2=O)C(=O)N1. The van der Waals surface area contributed by atoms with Crippen LogP contribution in [0.4, 0.5) is 0 Å². The Bertz CT molecular complexity index is 831. The Morgan fingerprint density at radius 1 is 1.07 bits per heavy atom.